The highest BCUT2D eigenvalue weighted by molar-refractivity contribution is 5.67. The first-order valence-electron chi connectivity index (χ1n) is 5.34. The van der Waals surface area contributed by atoms with Gasteiger partial charge in [-0.1, -0.05) is 0 Å². The Bertz CT molecular complexity index is 167. The van der Waals surface area contributed by atoms with Crippen molar-refractivity contribution in [2.75, 3.05) is 32.9 Å². The molecule has 0 spiro atoms. The Hall–Kier alpha value is -0.770. The van der Waals surface area contributed by atoms with Crippen molar-refractivity contribution < 1.29 is 14.3 Å². The summed E-state index contributed by atoms with van der Waals surface area (Å²) in [5, 5.41) is 0. The summed E-state index contributed by atoms with van der Waals surface area (Å²) in [6.45, 7) is 5.13. The minimum Gasteiger partial charge on any atom is -0.447 e. The monoisotopic (exact) mass is 201 g/mol. The first-order chi connectivity index (χ1) is 6.84. The second-order valence-corrected chi connectivity index (χ2v) is 3.36. The molecule has 0 aromatic heterocycles. The van der Waals surface area contributed by atoms with Gasteiger partial charge in [-0.25, -0.2) is 4.79 Å². The molecule has 14 heavy (non-hydrogen) atoms. The molecule has 0 saturated carbocycles. The number of hydrogen-bond donors (Lipinski definition) is 0. The van der Waals surface area contributed by atoms with Crippen molar-refractivity contribution in [2.45, 2.75) is 26.2 Å². The van der Waals surface area contributed by atoms with Gasteiger partial charge in [0.05, 0.1) is 6.61 Å². The summed E-state index contributed by atoms with van der Waals surface area (Å²) in [4.78, 5) is 13.2. The van der Waals surface area contributed by atoms with E-state index in [0.717, 1.165) is 25.9 Å². The van der Waals surface area contributed by atoms with Crippen LogP contribution in [-0.2, 0) is 9.47 Å². The normalized spacial score (nSPS) is 16.8. The molecule has 1 fully saturated rings. The third-order valence-corrected chi connectivity index (χ3v) is 2.27. The van der Waals surface area contributed by atoms with Crippen molar-refractivity contribution in [1.29, 1.82) is 0 Å². The van der Waals surface area contributed by atoms with E-state index in [2.05, 4.69) is 0 Å². The highest BCUT2D eigenvalue weighted by Gasteiger charge is 2.16. The molecular formula is C10H19NO3. The third-order valence-electron chi connectivity index (χ3n) is 2.27. The maximum absolute atomic E-state index is 11.4. The molecule has 0 aromatic carbocycles. The van der Waals surface area contributed by atoms with Crippen LogP contribution in [0.2, 0.25) is 0 Å². The molecular weight excluding hydrogens is 182 g/mol. The van der Waals surface area contributed by atoms with Crippen LogP contribution in [0.25, 0.3) is 0 Å². The maximum Gasteiger partial charge on any atom is 0.409 e. The van der Waals surface area contributed by atoms with Gasteiger partial charge in [0.2, 0.25) is 0 Å². The Morgan fingerprint density at radius 2 is 1.93 bits per heavy atom. The molecule has 0 atom stereocenters. The number of ether oxygens (including phenoxy) is 2. The number of hydrogen-bond acceptors (Lipinski definition) is 3. The van der Waals surface area contributed by atoms with Crippen molar-refractivity contribution in [3.63, 3.8) is 0 Å². The van der Waals surface area contributed by atoms with Gasteiger partial charge in [0.1, 0.15) is 6.61 Å². The summed E-state index contributed by atoms with van der Waals surface area (Å²) in [6.07, 6.45) is 3.23. The van der Waals surface area contributed by atoms with E-state index in [-0.39, 0.29) is 6.09 Å². The lowest BCUT2D eigenvalue weighted by Gasteiger charge is -2.25. The van der Waals surface area contributed by atoms with Gasteiger partial charge in [-0.2, -0.15) is 0 Å². The van der Waals surface area contributed by atoms with E-state index in [1.165, 1.54) is 6.42 Å². The Kier molecular flexibility index (Phi) is 5.37. The van der Waals surface area contributed by atoms with E-state index in [0.29, 0.717) is 19.8 Å². The molecule has 82 valence electrons. The first kappa shape index (κ1) is 11.3. The molecule has 4 nitrogen and oxygen atoms in total. The third kappa shape index (κ3) is 3.96. The molecule has 0 aromatic rings. The molecule has 0 N–H and O–H groups in total. The van der Waals surface area contributed by atoms with E-state index in [1.807, 2.05) is 6.92 Å². The minimum atomic E-state index is -0.190. The Morgan fingerprint density at radius 1 is 1.21 bits per heavy atom. The van der Waals surface area contributed by atoms with Crippen molar-refractivity contribution in [3.8, 4) is 0 Å². The number of piperidine rings is 1. The van der Waals surface area contributed by atoms with E-state index >= 15 is 0 Å². The Labute approximate surface area is 85.2 Å². The van der Waals surface area contributed by atoms with E-state index < -0.39 is 0 Å². The number of rotatable bonds is 4. The lowest BCUT2D eigenvalue weighted by molar-refractivity contribution is 0.0556. The van der Waals surface area contributed by atoms with Crippen LogP contribution in [0.5, 0.6) is 0 Å². The number of carbonyl (C=O) groups excluding carboxylic acids is 1. The SMILES string of the molecule is CCOCCOC(=O)N1CCCCC1. The summed E-state index contributed by atoms with van der Waals surface area (Å²) in [5.74, 6) is 0. The lowest BCUT2D eigenvalue weighted by atomic mass is 10.1. The fraction of sp³-hybridized carbons (Fsp3) is 0.900. The minimum absolute atomic E-state index is 0.190. The molecule has 0 bridgehead atoms. The summed E-state index contributed by atoms with van der Waals surface area (Å²) in [5.41, 5.74) is 0. The van der Waals surface area contributed by atoms with Crippen LogP contribution in [0.3, 0.4) is 0 Å². The Morgan fingerprint density at radius 3 is 2.57 bits per heavy atom. The highest BCUT2D eigenvalue weighted by atomic mass is 16.6. The smallest absolute Gasteiger partial charge is 0.409 e. The fourth-order valence-electron chi connectivity index (χ4n) is 1.50. The molecule has 0 radical (unpaired) electrons. The molecule has 1 aliphatic rings. The van der Waals surface area contributed by atoms with Gasteiger partial charge in [-0.3, -0.25) is 0 Å². The largest absolute Gasteiger partial charge is 0.447 e. The van der Waals surface area contributed by atoms with Crippen LogP contribution in [0, 0.1) is 0 Å². The topological polar surface area (TPSA) is 38.8 Å². The van der Waals surface area contributed by atoms with Crippen LogP contribution >= 0.6 is 0 Å². The number of likely N-dealkylation sites (tertiary alicyclic amines) is 1. The van der Waals surface area contributed by atoms with Gasteiger partial charge >= 0.3 is 6.09 Å². The molecule has 1 amide bonds. The van der Waals surface area contributed by atoms with Gasteiger partial charge in [0, 0.05) is 19.7 Å². The van der Waals surface area contributed by atoms with E-state index in [9.17, 15) is 4.79 Å². The van der Waals surface area contributed by atoms with Gasteiger partial charge in [-0.05, 0) is 26.2 Å². The average Bonchev–Trinajstić information content (AvgIpc) is 2.25. The zero-order valence-corrected chi connectivity index (χ0v) is 8.83. The molecule has 0 aliphatic carbocycles. The van der Waals surface area contributed by atoms with Crippen LogP contribution in [0.15, 0.2) is 0 Å². The van der Waals surface area contributed by atoms with Crippen molar-refractivity contribution in [1.82, 2.24) is 4.90 Å². The van der Waals surface area contributed by atoms with Gasteiger partial charge < -0.3 is 14.4 Å². The quantitative estimate of drug-likeness (QED) is 0.649. The second-order valence-electron chi connectivity index (χ2n) is 3.36. The van der Waals surface area contributed by atoms with Gasteiger partial charge in [0.25, 0.3) is 0 Å². The zero-order valence-electron chi connectivity index (χ0n) is 8.83. The molecule has 1 aliphatic heterocycles. The van der Waals surface area contributed by atoms with Crippen molar-refractivity contribution >= 4 is 6.09 Å². The standard InChI is InChI=1S/C10H19NO3/c1-2-13-8-9-14-10(12)11-6-4-3-5-7-11/h2-9H2,1H3. The highest BCUT2D eigenvalue weighted by Crippen LogP contribution is 2.09. The maximum atomic E-state index is 11.4. The molecule has 1 rings (SSSR count). The molecule has 1 saturated heterocycles. The van der Waals surface area contributed by atoms with Crippen molar-refractivity contribution in [3.05, 3.63) is 0 Å². The molecule has 0 unspecified atom stereocenters. The fourth-order valence-corrected chi connectivity index (χ4v) is 1.50. The van der Waals surface area contributed by atoms with Gasteiger partial charge in [-0.15, -0.1) is 0 Å². The molecule has 1 heterocycles. The first-order valence-corrected chi connectivity index (χ1v) is 5.34. The van der Waals surface area contributed by atoms with Gasteiger partial charge in [0.15, 0.2) is 0 Å². The number of amides is 1. The number of nitrogens with zero attached hydrogens (tertiary/aromatic N) is 1. The average molecular weight is 201 g/mol. The predicted molar refractivity (Wildman–Crippen MR) is 53.3 cm³/mol. The van der Waals surface area contributed by atoms with Crippen LogP contribution in [-0.4, -0.2) is 43.9 Å². The van der Waals surface area contributed by atoms with Crippen LogP contribution in [0.1, 0.15) is 26.2 Å². The zero-order chi connectivity index (χ0) is 10.2. The summed E-state index contributed by atoms with van der Waals surface area (Å²) in [6, 6.07) is 0. The predicted octanol–water partition coefficient (Wildman–Crippen LogP) is 1.65. The van der Waals surface area contributed by atoms with E-state index in [1.54, 1.807) is 4.90 Å². The van der Waals surface area contributed by atoms with E-state index in [4.69, 9.17) is 9.47 Å². The van der Waals surface area contributed by atoms with Crippen molar-refractivity contribution in [2.24, 2.45) is 0 Å². The van der Waals surface area contributed by atoms with Crippen LogP contribution < -0.4 is 0 Å². The summed E-state index contributed by atoms with van der Waals surface area (Å²) >= 11 is 0. The van der Waals surface area contributed by atoms with Crippen LogP contribution in [0.4, 0.5) is 4.79 Å². The summed E-state index contributed by atoms with van der Waals surface area (Å²) in [7, 11) is 0. The Balaban J connectivity index is 2.07. The number of carbonyl (C=O) groups is 1. The summed E-state index contributed by atoms with van der Waals surface area (Å²) < 4.78 is 10.1. The lowest BCUT2D eigenvalue weighted by Crippen LogP contribution is -2.36. The molecule has 4 heteroatoms. The second kappa shape index (κ2) is 6.65.